The third kappa shape index (κ3) is 5.45. The van der Waals surface area contributed by atoms with Gasteiger partial charge in [0.15, 0.2) is 0 Å². The Morgan fingerprint density at radius 2 is 1.88 bits per heavy atom. The molecule has 1 amide bonds. The fraction of sp³-hybridized carbons (Fsp3) is 0.542. The fourth-order valence-corrected chi connectivity index (χ4v) is 6.93. The molecule has 7 nitrogen and oxygen atoms in total. The average Bonchev–Trinajstić information content (AvgIpc) is 3.48. The molecule has 0 radical (unpaired) electrons. The van der Waals surface area contributed by atoms with E-state index in [1.165, 1.54) is 22.5 Å². The molecule has 3 atom stereocenters. The molecule has 2 fully saturated rings. The first kappa shape index (κ1) is 24.3. The highest BCUT2D eigenvalue weighted by atomic mass is 35.5. The lowest BCUT2D eigenvalue weighted by Crippen LogP contribution is -2.42. The van der Waals surface area contributed by atoms with Gasteiger partial charge in [0.2, 0.25) is 10.0 Å². The van der Waals surface area contributed by atoms with Crippen LogP contribution in [0.1, 0.15) is 55.3 Å². The van der Waals surface area contributed by atoms with Gasteiger partial charge in [-0.05, 0) is 74.5 Å². The highest BCUT2D eigenvalue weighted by molar-refractivity contribution is 7.89. The van der Waals surface area contributed by atoms with E-state index in [1.807, 2.05) is 12.1 Å². The number of hydrogen-bond donors (Lipinski definition) is 1. The summed E-state index contributed by atoms with van der Waals surface area (Å²) in [6.45, 7) is 7.34. The monoisotopic (exact) mass is 493 g/mol. The molecule has 2 aromatic rings. The predicted molar refractivity (Wildman–Crippen MR) is 128 cm³/mol. The lowest BCUT2D eigenvalue weighted by atomic mass is 9.94. The number of carbonyl (C=O) groups is 1. The van der Waals surface area contributed by atoms with Crippen molar-refractivity contribution in [1.29, 1.82) is 0 Å². The Labute approximate surface area is 201 Å². The average molecular weight is 494 g/mol. The van der Waals surface area contributed by atoms with Gasteiger partial charge in [-0.2, -0.15) is 4.31 Å². The largest absolute Gasteiger partial charge is 0.468 e. The van der Waals surface area contributed by atoms with Crippen molar-refractivity contribution in [2.75, 3.05) is 32.7 Å². The maximum Gasteiger partial charge on any atom is 0.252 e. The van der Waals surface area contributed by atoms with Gasteiger partial charge in [0, 0.05) is 19.6 Å². The highest BCUT2D eigenvalue weighted by Crippen LogP contribution is 2.29. The number of hydrogen-bond acceptors (Lipinski definition) is 5. The summed E-state index contributed by atoms with van der Waals surface area (Å²) in [5.74, 6) is 0.992. The molecule has 1 N–H and O–H groups in total. The van der Waals surface area contributed by atoms with Crippen LogP contribution in [-0.2, 0) is 10.0 Å². The van der Waals surface area contributed by atoms with E-state index in [1.54, 1.807) is 6.26 Å². The molecule has 4 rings (SSSR count). The van der Waals surface area contributed by atoms with Crippen molar-refractivity contribution >= 4 is 27.5 Å². The summed E-state index contributed by atoms with van der Waals surface area (Å²) in [6.07, 6.45) is 4.87. The van der Waals surface area contributed by atoms with Crippen LogP contribution in [0.4, 0.5) is 0 Å². The molecule has 2 aliphatic heterocycles. The first-order valence-electron chi connectivity index (χ1n) is 11.6. The van der Waals surface area contributed by atoms with Crippen molar-refractivity contribution in [1.82, 2.24) is 14.5 Å². The molecular weight excluding hydrogens is 462 g/mol. The third-order valence-corrected chi connectivity index (χ3v) is 8.72. The van der Waals surface area contributed by atoms with Gasteiger partial charge in [-0.25, -0.2) is 8.42 Å². The topological polar surface area (TPSA) is 82.9 Å². The van der Waals surface area contributed by atoms with Gasteiger partial charge >= 0.3 is 0 Å². The molecular formula is C24H32ClN3O4S. The Morgan fingerprint density at radius 3 is 2.52 bits per heavy atom. The van der Waals surface area contributed by atoms with Crippen LogP contribution in [0.5, 0.6) is 0 Å². The molecule has 1 aromatic carbocycles. The Bertz CT molecular complexity index is 1060. The van der Waals surface area contributed by atoms with Gasteiger partial charge in [-0.15, -0.1) is 0 Å². The second kappa shape index (κ2) is 10.2. The Hall–Kier alpha value is -1.87. The number of amides is 1. The number of furan rings is 1. The molecule has 0 saturated carbocycles. The first-order valence-corrected chi connectivity index (χ1v) is 13.4. The predicted octanol–water partition coefficient (Wildman–Crippen LogP) is 4.17. The molecule has 9 heteroatoms. The Kier molecular flexibility index (Phi) is 7.48. The van der Waals surface area contributed by atoms with E-state index >= 15 is 0 Å². The minimum absolute atomic E-state index is 0.0755. The molecule has 0 aliphatic carbocycles. The number of halogens is 1. The minimum Gasteiger partial charge on any atom is -0.468 e. The number of likely N-dealkylation sites (tertiary alicyclic amines) is 1. The third-order valence-electron chi connectivity index (χ3n) is 6.56. The van der Waals surface area contributed by atoms with E-state index in [9.17, 15) is 13.2 Å². The number of rotatable bonds is 7. The van der Waals surface area contributed by atoms with Gasteiger partial charge in [0.1, 0.15) is 5.76 Å². The number of carbonyl (C=O) groups excluding carboxylic acids is 1. The minimum atomic E-state index is -3.71. The van der Waals surface area contributed by atoms with Crippen LogP contribution in [0, 0.1) is 11.8 Å². The quantitative estimate of drug-likeness (QED) is 0.626. The lowest BCUT2D eigenvalue weighted by molar-refractivity contribution is 0.0933. The van der Waals surface area contributed by atoms with Gasteiger partial charge in [0.25, 0.3) is 5.91 Å². The van der Waals surface area contributed by atoms with Crippen LogP contribution in [0.25, 0.3) is 0 Å². The SMILES string of the molecule is C[C@@H]1C[C@@H](C)CN(S(=O)(=O)c2ccc(Cl)c(C(=O)NC[C@H](c3ccco3)N3CCCC3)c2)C1. The number of nitrogens with zero attached hydrogens (tertiary/aromatic N) is 2. The maximum atomic E-state index is 13.3. The number of nitrogens with one attached hydrogen (secondary N) is 1. The molecule has 33 heavy (non-hydrogen) atoms. The fourth-order valence-electron chi connectivity index (χ4n) is 5.02. The van der Waals surface area contributed by atoms with E-state index < -0.39 is 15.9 Å². The summed E-state index contributed by atoms with van der Waals surface area (Å²) >= 11 is 6.32. The molecule has 3 heterocycles. The normalized spacial score (nSPS) is 23.5. The zero-order valence-electron chi connectivity index (χ0n) is 19.2. The summed E-state index contributed by atoms with van der Waals surface area (Å²) in [5, 5.41) is 3.17. The Morgan fingerprint density at radius 1 is 1.18 bits per heavy atom. The molecule has 0 spiro atoms. The summed E-state index contributed by atoms with van der Waals surface area (Å²) < 4.78 is 33.7. The summed E-state index contributed by atoms with van der Waals surface area (Å²) in [7, 11) is -3.71. The number of benzene rings is 1. The molecule has 180 valence electrons. The smallest absolute Gasteiger partial charge is 0.252 e. The van der Waals surface area contributed by atoms with E-state index in [4.69, 9.17) is 16.0 Å². The van der Waals surface area contributed by atoms with Gasteiger partial charge in [-0.3, -0.25) is 9.69 Å². The van der Waals surface area contributed by atoms with E-state index in [0.29, 0.717) is 31.5 Å². The van der Waals surface area contributed by atoms with Crippen LogP contribution in [-0.4, -0.2) is 56.3 Å². The van der Waals surface area contributed by atoms with Crippen LogP contribution in [0.3, 0.4) is 0 Å². The van der Waals surface area contributed by atoms with E-state index in [2.05, 4.69) is 24.1 Å². The maximum absolute atomic E-state index is 13.3. The van der Waals surface area contributed by atoms with E-state index in [-0.39, 0.29) is 21.5 Å². The lowest BCUT2D eigenvalue weighted by Gasteiger charge is -2.34. The molecule has 2 aliphatic rings. The van der Waals surface area contributed by atoms with Crippen molar-refractivity contribution < 1.29 is 17.6 Å². The van der Waals surface area contributed by atoms with Crippen molar-refractivity contribution in [2.45, 2.75) is 44.0 Å². The van der Waals surface area contributed by atoms with Crippen LogP contribution in [0.2, 0.25) is 5.02 Å². The number of sulfonamides is 1. The van der Waals surface area contributed by atoms with Crippen LogP contribution >= 0.6 is 11.6 Å². The zero-order chi connectivity index (χ0) is 23.6. The molecule has 0 unspecified atom stereocenters. The van der Waals surface area contributed by atoms with Crippen LogP contribution in [0.15, 0.2) is 45.9 Å². The van der Waals surface area contributed by atoms with Crippen molar-refractivity contribution in [2.24, 2.45) is 11.8 Å². The van der Waals surface area contributed by atoms with E-state index in [0.717, 1.165) is 38.1 Å². The summed E-state index contributed by atoms with van der Waals surface area (Å²) in [4.78, 5) is 15.5. The molecule has 0 bridgehead atoms. The van der Waals surface area contributed by atoms with Crippen molar-refractivity contribution in [3.05, 3.63) is 52.9 Å². The molecule has 2 saturated heterocycles. The summed E-state index contributed by atoms with van der Waals surface area (Å²) in [5.41, 5.74) is 0.162. The second-order valence-corrected chi connectivity index (χ2v) is 11.7. The Balaban J connectivity index is 1.51. The van der Waals surface area contributed by atoms with Crippen molar-refractivity contribution in [3.8, 4) is 0 Å². The standard InChI is InChI=1S/C24H32ClN3O4S/c1-17-12-18(2)16-28(15-17)33(30,31)19-7-8-21(25)20(13-19)24(29)26-14-22(23-6-5-11-32-23)27-9-3-4-10-27/h5-8,11,13,17-18,22H,3-4,9-10,12,14-16H2,1-2H3,(H,26,29)/t17-,18-,22-/m1/s1. The van der Waals surface area contributed by atoms with Gasteiger partial charge in [-0.1, -0.05) is 25.4 Å². The van der Waals surface area contributed by atoms with Crippen LogP contribution < -0.4 is 5.32 Å². The zero-order valence-corrected chi connectivity index (χ0v) is 20.7. The van der Waals surface area contributed by atoms with Gasteiger partial charge < -0.3 is 9.73 Å². The number of piperidine rings is 1. The highest BCUT2D eigenvalue weighted by Gasteiger charge is 2.32. The molecule has 1 aromatic heterocycles. The van der Waals surface area contributed by atoms with Crippen molar-refractivity contribution in [3.63, 3.8) is 0 Å². The first-order chi connectivity index (χ1) is 15.8. The van der Waals surface area contributed by atoms with Gasteiger partial charge in [0.05, 0.1) is 27.8 Å². The second-order valence-electron chi connectivity index (χ2n) is 9.39. The summed E-state index contributed by atoms with van der Waals surface area (Å²) in [6, 6.07) is 8.05.